The summed E-state index contributed by atoms with van der Waals surface area (Å²) in [7, 11) is -2.84. The summed E-state index contributed by atoms with van der Waals surface area (Å²) in [5.41, 5.74) is 0.923. The van der Waals surface area contributed by atoms with Gasteiger partial charge in [0.25, 0.3) is 0 Å². The Labute approximate surface area is 139 Å². The SMILES string of the molecule is COS(=O)(=O)NCC1O[C@@H](OCc2ccccc2)[C@@H]2OC(=O)O[C@H]12. The van der Waals surface area contributed by atoms with E-state index >= 15 is 0 Å². The Balaban J connectivity index is 1.62. The van der Waals surface area contributed by atoms with Gasteiger partial charge in [-0.05, 0) is 5.56 Å². The van der Waals surface area contributed by atoms with Crippen molar-refractivity contribution < 1.29 is 36.3 Å². The number of nitrogens with one attached hydrogen (secondary N) is 1. The lowest BCUT2D eigenvalue weighted by Crippen LogP contribution is -2.39. The van der Waals surface area contributed by atoms with Gasteiger partial charge in [0.05, 0.1) is 13.7 Å². The van der Waals surface area contributed by atoms with Crippen LogP contribution in [-0.4, -0.2) is 52.8 Å². The Morgan fingerprint density at radius 3 is 2.58 bits per heavy atom. The summed E-state index contributed by atoms with van der Waals surface area (Å²) in [5.74, 6) is 0. The number of hydrogen-bond donors (Lipinski definition) is 1. The average Bonchev–Trinajstić information content (AvgIpc) is 3.10. The zero-order valence-corrected chi connectivity index (χ0v) is 13.6. The molecule has 0 aromatic heterocycles. The molecule has 2 aliphatic rings. The van der Waals surface area contributed by atoms with Crippen LogP contribution in [0, 0.1) is 0 Å². The molecular formula is C14H17NO8S. The van der Waals surface area contributed by atoms with Gasteiger partial charge in [-0.15, -0.1) is 0 Å². The standard InChI is InChI=1S/C14H17NO8S/c1-19-24(17,18)15-7-10-11-12(23-14(16)22-11)13(21-10)20-8-9-5-3-2-4-6-9/h2-6,10-13,15H,7-8H2,1H3/t10?,11-,12-,13-/m1/s1. The van der Waals surface area contributed by atoms with Crippen molar-refractivity contribution in [2.75, 3.05) is 13.7 Å². The minimum Gasteiger partial charge on any atom is -0.424 e. The molecule has 1 unspecified atom stereocenters. The monoisotopic (exact) mass is 359 g/mol. The van der Waals surface area contributed by atoms with E-state index in [-0.39, 0.29) is 13.2 Å². The predicted octanol–water partition coefficient (Wildman–Crippen LogP) is 0.313. The van der Waals surface area contributed by atoms with Gasteiger partial charge in [0.2, 0.25) is 0 Å². The molecule has 1 aromatic carbocycles. The maximum absolute atomic E-state index is 11.4. The van der Waals surface area contributed by atoms with E-state index in [0.717, 1.165) is 12.7 Å². The molecule has 1 N–H and O–H groups in total. The first-order valence-electron chi connectivity index (χ1n) is 7.22. The lowest BCUT2D eigenvalue weighted by molar-refractivity contribution is -0.172. The summed E-state index contributed by atoms with van der Waals surface area (Å²) in [4.78, 5) is 11.4. The second kappa shape index (κ2) is 7.03. The first-order valence-corrected chi connectivity index (χ1v) is 8.63. The van der Waals surface area contributed by atoms with Crippen LogP contribution in [0.3, 0.4) is 0 Å². The second-order valence-corrected chi connectivity index (χ2v) is 6.75. The van der Waals surface area contributed by atoms with Crippen LogP contribution in [0.15, 0.2) is 30.3 Å². The molecule has 0 aliphatic carbocycles. The zero-order valence-electron chi connectivity index (χ0n) is 12.8. The molecule has 0 saturated carbocycles. The molecule has 3 rings (SSSR count). The Hall–Kier alpha value is -1.72. The molecule has 132 valence electrons. The molecule has 0 radical (unpaired) electrons. The van der Waals surface area contributed by atoms with Gasteiger partial charge in [-0.25, -0.2) is 4.79 Å². The third kappa shape index (κ3) is 3.84. The number of rotatable bonds is 7. The number of hydrogen-bond acceptors (Lipinski definition) is 8. The number of ether oxygens (including phenoxy) is 4. The Kier molecular flexibility index (Phi) is 5.01. The van der Waals surface area contributed by atoms with Crippen molar-refractivity contribution in [2.24, 2.45) is 0 Å². The van der Waals surface area contributed by atoms with E-state index in [1.54, 1.807) is 0 Å². The third-order valence-electron chi connectivity index (χ3n) is 3.67. The highest BCUT2D eigenvalue weighted by Crippen LogP contribution is 2.32. The van der Waals surface area contributed by atoms with Gasteiger partial charge >= 0.3 is 16.5 Å². The molecule has 0 spiro atoms. The van der Waals surface area contributed by atoms with E-state index in [0.29, 0.717) is 0 Å². The first kappa shape index (κ1) is 17.1. The maximum Gasteiger partial charge on any atom is 0.509 e. The molecule has 2 saturated heterocycles. The van der Waals surface area contributed by atoms with E-state index in [4.69, 9.17) is 18.9 Å². The number of fused-ring (bicyclic) bond motifs is 1. The molecule has 4 atom stereocenters. The number of benzene rings is 1. The average molecular weight is 359 g/mol. The zero-order chi connectivity index (χ0) is 17.2. The first-order chi connectivity index (χ1) is 11.5. The molecule has 9 nitrogen and oxygen atoms in total. The van der Waals surface area contributed by atoms with Gasteiger partial charge in [-0.2, -0.15) is 13.1 Å². The normalized spacial score (nSPS) is 29.1. The van der Waals surface area contributed by atoms with Gasteiger partial charge < -0.3 is 18.9 Å². The van der Waals surface area contributed by atoms with Gasteiger partial charge in [-0.1, -0.05) is 30.3 Å². The highest BCUT2D eigenvalue weighted by molar-refractivity contribution is 7.84. The van der Waals surface area contributed by atoms with Crippen LogP contribution in [0.25, 0.3) is 0 Å². The van der Waals surface area contributed by atoms with E-state index in [1.165, 1.54) is 0 Å². The van der Waals surface area contributed by atoms with Gasteiger partial charge in [0.15, 0.2) is 18.5 Å². The highest BCUT2D eigenvalue weighted by Gasteiger charge is 2.54. The largest absolute Gasteiger partial charge is 0.509 e. The number of carbonyl (C=O) groups excluding carboxylic acids is 1. The van der Waals surface area contributed by atoms with E-state index in [1.807, 2.05) is 30.3 Å². The Bertz CT molecular complexity index is 679. The Morgan fingerprint density at radius 2 is 1.88 bits per heavy atom. The molecule has 1 aromatic rings. The van der Waals surface area contributed by atoms with Crippen molar-refractivity contribution in [2.45, 2.75) is 31.2 Å². The summed E-state index contributed by atoms with van der Waals surface area (Å²) < 4.78 is 50.6. The highest BCUT2D eigenvalue weighted by atomic mass is 32.2. The topological polar surface area (TPSA) is 109 Å². The summed E-state index contributed by atoms with van der Waals surface area (Å²) in [6.07, 6.45) is -3.93. The molecule has 2 aliphatic heterocycles. The third-order valence-corrected chi connectivity index (χ3v) is 4.63. The molecule has 2 fully saturated rings. The molecule has 2 heterocycles. The van der Waals surface area contributed by atoms with Crippen LogP contribution in [0.1, 0.15) is 5.56 Å². The van der Waals surface area contributed by atoms with Crippen LogP contribution < -0.4 is 4.72 Å². The maximum atomic E-state index is 11.4. The van der Waals surface area contributed by atoms with E-state index < -0.39 is 41.1 Å². The van der Waals surface area contributed by atoms with Crippen molar-refractivity contribution in [3.63, 3.8) is 0 Å². The molecule has 24 heavy (non-hydrogen) atoms. The summed E-state index contributed by atoms with van der Waals surface area (Å²) in [6.45, 7) is 0.113. The van der Waals surface area contributed by atoms with Crippen LogP contribution in [0.5, 0.6) is 0 Å². The second-order valence-electron chi connectivity index (χ2n) is 5.22. The van der Waals surface area contributed by atoms with Crippen molar-refractivity contribution in [3.8, 4) is 0 Å². The molecule has 10 heteroatoms. The lowest BCUT2D eigenvalue weighted by Gasteiger charge is -2.17. The van der Waals surface area contributed by atoms with Crippen LogP contribution in [0.2, 0.25) is 0 Å². The minimum absolute atomic E-state index is 0.140. The van der Waals surface area contributed by atoms with Crippen molar-refractivity contribution in [3.05, 3.63) is 35.9 Å². The summed E-state index contributed by atoms with van der Waals surface area (Å²) in [5, 5.41) is 0. The van der Waals surface area contributed by atoms with Crippen LogP contribution in [-0.2, 0) is 40.0 Å². The lowest BCUT2D eigenvalue weighted by atomic mass is 10.1. The fourth-order valence-corrected chi connectivity index (χ4v) is 2.99. The van der Waals surface area contributed by atoms with Gasteiger partial charge in [0, 0.05) is 6.54 Å². The smallest absolute Gasteiger partial charge is 0.424 e. The van der Waals surface area contributed by atoms with Crippen molar-refractivity contribution in [1.82, 2.24) is 4.72 Å². The van der Waals surface area contributed by atoms with E-state index in [9.17, 15) is 13.2 Å². The summed E-state index contributed by atoms with van der Waals surface area (Å²) >= 11 is 0. The minimum atomic E-state index is -3.87. The van der Waals surface area contributed by atoms with E-state index in [2.05, 4.69) is 8.91 Å². The molecule has 0 amide bonds. The van der Waals surface area contributed by atoms with Gasteiger partial charge in [0.1, 0.15) is 6.10 Å². The molecular weight excluding hydrogens is 342 g/mol. The van der Waals surface area contributed by atoms with Gasteiger partial charge in [-0.3, -0.25) is 4.18 Å². The fourth-order valence-electron chi connectivity index (χ4n) is 2.50. The number of carbonyl (C=O) groups is 1. The van der Waals surface area contributed by atoms with Crippen molar-refractivity contribution in [1.29, 1.82) is 0 Å². The van der Waals surface area contributed by atoms with Crippen LogP contribution in [0.4, 0.5) is 4.79 Å². The Morgan fingerprint density at radius 1 is 1.17 bits per heavy atom. The molecule has 0 bridgehead atoms. The van der Waals surface area contributed by atoms with Crippen molar-refractivity contribution >= 4 is 16.5 Å². The van der Waals surface area contributed by atoms with Crippen LogP contribution >= 0.6 is 0 Å². The quantitative estimate of drug-likeness (QED) is 0.693. The predicted molar refractivity (Wildman–Crippen MR) is 79.0 cm³/mol. The summed E-state index contributed by atoms with van der Waals surface area (Å²) in [6, 6.07) is 9.40. The fraction of sp³-hybridized carbons (Fsp3) is 0.500.